The second kappa shape index (κ2) is 6.05. The molecule has 0 fully saturated rings. The zero-order chi connectivity index (χ0) is 13.7. The van der Waals surface area contributed by atoms with Crippen molar-refractivity contribution in [1.82, 2.24) is 0 Å². The van der Waals surface area contributed by atoms with Crippen molar-refractivity contribution >= 4 is 5.97 Å². The van der Waals surface area contributed by atoms with E-state index in [0.29, 0.717) is 11.3 Å². The molecule has 0 atom stereocenters. The minimum Gasteiger partial charge on any atom is -0.496 e. The van der Waals surface area contributed by atoms with Crippen LogP contribution in [-0.2, 0) is 11.3 Å². The molecule has 0 saturated heterocycles. The van der Waals surface area contributed by atoms with Crippen LogP contribution >= 0.6 is 0 Å². The molecule has 2 aromatic rings. The minimum absolute atomic E-state index is 0.264. The van der Waals surface area contributed by atoms with Crippen LogP contribution in [-0.4, -0.2) is 13.1 Å². The molecule has 2 aromatic carbocycles. The lowest BCUT2D eigenvalue weighted by molar-refractivity contribution is 0.0472. The molecular formula is C16H15O3. The van der Waals surface area contributed by atoms with Crippen molar-refractivity contribution in [1.29, 1.82) is 0 Å². The molecule has 3 nitrogen and oxygen atoms in total. The predicted molar refractivity (Wildman–Crippen MR) is 72.1 cm³/mol. The number of hydrogen-bond donors (Lipinski definition) is 0. The van der Waals surface area contributed by atoms with Crippen molar-refractivity contribution < 1.29 is 14.3 Å². The van der Waals surface area contributed by atoms with Gasteiger partial charge < -0.3 is 9.47 Å². The minimum atomic E-state index is -0.362. The summed E-state index contributed by atoms with van der Waals surface area (Å²) in [4.78, 5) is 11.9. The third-order valence-corrected chi connectivity index (χ3v) is 2.65. The molecule has 2 rings (SSSR count). The maximum atomic E-state index is 11.9. The van der Waals surface area contributed by atoms with Crippen LogP contribution in [0.2, 0.25) is 0 Å². The Bertz CT molecular complexity index is 561. The van der Waals surface area contributed by atoms with Crippen LogP contribution in [0.5, 0.6) is 5.75 Å². The number of aryl methyl sites for hydroxylation is 1. The molecule has 0 spiro atoms. The van der Waals surface area contributed by atoms with Gasteiger partial charge >= 0.3 is 5.97 Å². The highest BCUT2D eigenvalue weighted by molar-refractivity contribution is 5.90. The van der Waals surface area contributed by atoms with Gasteiger partial charge in [0.15, 0.2) is 0 Å². The van der Waals surface area contributed by atoms with Crippen molar-refractivity contribution in [3.63, 3.8) is 0 Å². The zero-order valence-corrected chi connectivity index (χ0v) is 11.0. The van der Waals surface area contributed by atoms with Crippen molar-refractivity contribution in [2.45, 2.75) is 13.5 Å². The van der Waals surface area contributed by atoms with E-state index < -0.39 is 0 Å². The molecule has 19 heavy (non-hydrogen) atoms. The number of carbonyl (C=O) groups excluding carboxylic acids is 1. The Morgan fingerprint density at radius 3 is 2.63 bits per heavy atom. The Kier molecular flexibility index (Phi) is 4.18. The van der Waals surface area contributed by atoms with E-state index in [1.807, 2.05) is 37.3 Å². The van der Waals surface area contributed by atoms with Gasteiger partial charge in [0.1, 0.15) is 12.4 Å². The summed E-state index contributed by atoms with van der Waals surface area (Å²) in [5, 5.41) is 0. The largest absolute Gasteiger partial charge is 0.496 e. The molecule has 97 valence electrons. The fourth-order valence-corrected chi connectivity index (χ4v) is 1.72. The number of rotatable bonds is 4. The maximum Gasteiger partial charge on any atom is 0.338 e. The predicted octanol–water partition coefficient (Wildman–Crippen LogP) is 3.16. The Labute approximate surface area is 112 Å². The highest BCUT2D eigenvalue weighted by atomic mass is 16.5. The van der Waals surface area contributed by atoms with E-state index >= 15 is 0 Å². The summed E-state index contributed by atoms with van der Waals surface area (Å²) in [6.45, 7) is 2.12. The standard InChI is InChI=1S/C16H15O3/c1-12-8-14(10-15(9-12)18-2)16(17)19-11-13-6-4-3-5-7-13/h3-8,10H,11H2,1-2H3. The molecule has 0 saturated carbocycles. The first-order valence-corrected chi connectivity index (χ1v) is 5.98. The van der Waals surface area contributed by atoms with Crippen molar-refractivity contribution in [3.8, 4) is 5.75 Å². The van der Waals surface area contributed by atoms with Crippen molar-refractivity contribution in [2.75, 3.05) is 7.11 Å². The van der Waals surface area contributed by atoms with E-state index in [-0.39, 0.29) is 12.6 Å². The summed E-state index contributed by atoms with van der Waals surface area (Å²) in [5.74, 6) is 0.172. The average Bonchev–Trinajstić information content (AvgIpc) is 2.45. The number of carbonyl (C=O) groups is 1. The summed E-state index contributed by atoms with van der Waals surface area (Å²) < 4.78 is 10.3. The van der Waals surface area contributed by atoms with E-state index in [1.165, 1.54) is 0 Å². The molecule has 0 amide bonds. The van der Waals surface area contributed by atoms with Crippen LogP contribution < -0.4 is 4.74 Å². The highest BCUT2D eigenvalue weighted by Crippen LogP contribution is 2.16. The third kappa shape index (κ3) is 3.58. The summed E-state index contributed by atoms with van der Waals surface area (Å²) in [7, 11) is 1.55. The average molecular weight is 255 g/mol. The molecule has 0 aliphatic rings. The van der Waals surface area contributed by atoms with Gasteiger partial charge in [-0.1, -0.05) is 30.3 Å². The Hall–Kier alpha value is -2.29. The van der Waals surface area contributed by atoms with Crippen LogP contribution in [0.15, 0.2) is 42.5 Å². The quantitative estimate of drug-likeness (QED) is 0.787. The highest BCUT2D eigenvalue weighted by Gasteiger charge is 2.10. The summed E-state index contributed by atoms with van der Waals surface area (Å²) in [5.41, 5.74) is 2.28. The Morgan fingerprint density at radius 1 is 1.21 bits per heavy atom. The molecule has 0 N–H and O–H groups in total. The van der Waals surface area contributed by atoms with Crippen LogP contribution in [0, 0.1) is 13.0 Å². The van der Waals surface area contributed by atoms with Gasteiger partial charge in [-0.2, -0.15) is 0 Å². The molecule has 3 heteroatoms. The van der Waals surface area contributed by atoms with Gasteiger partial charge in [-0.25, -0.2) is 4.79 Å². The molecule has 0 unspecified atom stereocenters. The first kappa shape index (κ1) is 13.1. The van der Waals surface area contributed by atoms with Crippen LogP contribution in [0.1, 0.15) is 21.5 Å². The summed E-state index contributed by atoms with van der Waals surface area (Å²) >= 11 is 0. The lowest BCUT2D eigenvalue weighted by Gasteiger charge is -2.07. The van der Waals surface area contributed by atoms with Crippen molar-refractivity contribution in [2.24, 2.45) is 0 Å². The van der Waals surface area contributed by atoms with Gasteiger partial charge in [-0.3, -0.25) is 0 Å². The zero-order valence-electron chi connectivity index (χ0n) is 11.0. The van der Waals surface area contributed by atoms with Gasteiger partial charge in [0.2, 0.25) is 0 Å². The SMILES string of the molecule is COc1[c]c(C)cc(C(=O)OCc2ccccc2)c1. The van der Waals surface area contributed by atoms with Gasteiger partial charge in [-0.05, 0) is 30.2 Å². The normalized spacial score (nSPS) is 10.0. The fourth-order valence-electron chi connectivity index (χ4n) is 1.72. The third-order valence-electron chi connectivity index (χ3n) is 2.65. The molecule has 0 heterocycles. The number of methoxy groups -OCH3 is 1. The van der Waals surface area contributed by atoms with Crippen molar-refractivity contribution in [3.05, 3.63) is 65.2 Å². The van der Waals surface area contributed by atoms with E-state index in [2.05, 4.69) is 6.07 Å². The van der Waals surface area contributed by atoms with E-state index in [4.69, 9.17) is 9.47 Å². The van der Waals surface area contributed by atoms with E-state index in [0.717, 1.165) is 11.1 Å². The smallest absolute Gasteiger partial charge is 0.338 e. The second-order valence-electron chi connectivity index (χ2n) is 4.18. The summed E-state index contributed by atoms with van der Waals surface area (Å²) in [6, 6.07) is 15.9. The number of benzene rings is 2. The van der Waals surface area contributed by atoms with E-state index in [9.17, 15) is 4.79 Å². The van der Waals surface area contributed by atoms with Gasteiger partial charge in [0.05, 0.1) is 12.7 Å². The topological polar surface area (TPSA) is 35.5 Å². The van der Waals surface area contributed by atoms with Crippen LogP contribution in [0.25, 0.3) is 0 Å². The van der Waals surface area contributed by atoms with Crippen LogP contribution in [0.4, 0.5) is 0 Å². The Morgan fingerprint density at radius 2 is 1.95 bits per heavy atom. The van der Waals surface area contributed by atoms with Crippen LogP contribution in [0.3, 0.4) is 0 Å². The van der Waals surface area contributed by atoms with Gasteiger partial charge in [0, 0.05) is 6.07 Å². The number of hydrogen-bond acceptors (Lipinski definition) is 3. The van der Waals surface area contributed by atoms with E-state index in [1.54, 1.807) is 19.2 Å². The Balaban J connectivity index is 2.06. The van der Waals surface area contributed by atoms with Gasteiger partial charge in [0.25, 0.3) is 0 Å². The molecular weight excluding hydrogens is 240 g/mol. The molecule has 0 aliphatic carbocycles. The molecule has 0 aromatic heterocycles. The molecule has 0 aliphatic heterocycles. The monoisotopic (exact) mass is 255 g/mol. The second-order valence-corrected chi connectivity index (χ2v) is 4.18. The van der Waals surface area contributed by atoms with Gasteiger partial charge in [-0.15, -0.1) is 0 Å². The number of ether oxygens (including phenoxy) is 2. The lowest BCUT2D eigenvalue weighted by Crippen LogP contribution is -2.06. The molecule has 1 radical (unpaired) electrons. The first-order chi connectivity index (χ1) is 9.19. The summed E-state index contributed by atoms with van der Waals surface area (Å²) in [6.07, 6.45) is 0. The number of esters is 1. The molecule has 0 bridgehead atoms. The maximum absolute atomic E-state index is 11.9. The lowest BCUT2D eigenvalue weighted by atomic mass is 10.1. The fraction of sp³-hybridized carbons (Fsp3) is 0.188. The first-order valence-electron chi connectivity index (χ1n) is 5.98.